The van der Waals surface area contributed by atoms with E-state index in [0.717, 1.165) is 11.1 Å². The SMILES string of the molecule is CCN(C=O)C(C)(C(=O)O)c1cc(C)ccc1C. The van der Waals surface area contributed by atoms with E-state index in [4.69, 9.17) is 0 Å². The van der Waals surface area contributed by atoms with Gasteiger partial charge in [-0.15, -0.1) is 0 Å². The molecule has 0 aliphatic heterocycles. The van der Waals surface area contributed by atoms with Crippen LogP contribution in [0.4, 0.5) is 0 Å². The Balaban J connectivity index is 3.49. The number of carboxylic acids is 1. The van der Waals surface area contributed by atoms with Crippen LogP contribution in [0.5, 0.6) is 0 Å². The zero-order valence-electron chi connectivity index (χ0n) is 11.2. The molecule has 0 aromatic heterocycles. The van der Waals surface area contributed by atoms with Crippen LogP contribution in [-0.2, 0) is 15.1 Å². The minimum Gasteiger partial charge on any atom is -0.479 e. The molecule has 4 heteroatoms. The Bertz CT molecular complexity index is 470. The standard InChI is InChI=1S/C14H19NO3/c1-5-15(9-16)14(4,13(17)18)12-8-10(2)6-7-11(12)3/h6-9H,5H2,1-4H3,(H,17,18). The predicted octanol–water partition coefficient (Wildman–Crippen LogP) is 2.08. The molecule has 1 rings (SSSR count). The maximum atomic E-state index is 11.6. The second-order valence-corrected chi connectivity index (χ2v) is 4.59. The van der Waals surface area contributed by atoms with Gasteiger partial charge in [-0.2, -0.15) is 0 Å². The van der Waals surface area contributed by atoms with E-state index in [2.05, 4.69) is 0 Å². The van der Waals surface area contributed by atoms with Crippen molar-refractivity contribution < 1.29 is 14.7 Å². The van der Waals surface area contributed by atoms with E-state index < -0.39 is 11.5 Å². The average molecular weight is 249 g/mol. The highest BCUT2D eigenvalue weighted by Gasteiger charge is 2.41. The lowest BCUT2D eigenvalue weighted by Crippen LogP contribution is -2.49. The number of carbonyl (C=O) groups is 2. The summed E-state index contributed by atoms with van der Waals surface area (Å²) in [5.74, 6) is -1.02. The van der Waals surface area contributed by atoms with Crippen LogP contribution in [0.2, 0.25) is 0 Å². The van der Waals surface area contributed by atoms with Gasteiger partial charge < -0.3 is 10.0 Å². The number of hydrogen-bond acceptors (Lipinski definition) is 2. The number of hydrogen-bond donors (Lipinski definition) is 1. The van der Waals surface area contributed by atoms with E-state index in [1.165, 1.54) is 4.90 Å². The Kier molecular flexibility index (Phi) is 4.11. The fourth-order valence-electron chi connectivity index (χ4n) is 2.15. The van der Waals surface area contributed by atoms with Crippen molar-refractivity contribution in [2.75, 3.05) is 6.54 Å². The molecule has 0 aliphatic rings. The molecule has 0 fully saturated rings. The Hall–Kier alpha value is -1.84. The maximum Gasteiger partial charge on any atom is 0.334 e. The smallest absolute Gasteiger partial charge is 0.334 e. The molecule has 1 amide bonds. The van der Waals surface area contributed by atoms with E-state index >= 15 is 0 Å². The van der Waals surface area contributed by atoms with Gasteiger partial charge in [-0.1, -0.05) is 23.8 Å². The lowest BCUT2D eigenvalue weighted by Gasteiger charge is -2.36. The molecule has 0 saturated heterocycles. The monoisotopic (exact) mass is 249 g/mol. The molecule has 4 nitrogen and oxygen atoms in total. The van der Waals surface area contributed by atoms with Crippen LogP contribution in [-0.4, -0.2) is 28.9 Å². The summed E-state index contributed by atoms with van der Waals surface area (Å²) in [6, 6.07) is 5.64. The van der Waals surface area contributed by atoms with Crippen molar-refractivity contribution >= 4 is 12.4 Å². The van der Waals surface area contributed by atoms with Crippen LogP contribution in [0.15, 0.2) is 18.2 Å². The molecule has 1 unspecified atom stereocenters. The minimum absolute atomic E-state index is 0.347. The van der Waals surface area contributed by atoms with Gasteiger partial charge in [0.2, 0.25) is 6.41 Å². The van der Waals surface area contributed by atoms with Gasteiger partial charge in [0.1, 0.15) is 0 Å². The molecule has 1 atom stereocenters. The lowest BCUT2D eigenvalue weighted by atomic mass is 9.86. The molecular weight excluding hydrogens is 230 g/mol. The van der Waals surface area contributed by atoms with E-state index in [-0.39, 0.29) is 0 Å². The second-order valence-electron chi connectivity index (χ2n) is 4.59. The van der Waals surface area contributed by atoms with Gasteiger partial charge in [0.25, 0.3) is 0 Å². The fraction of sp³-hybridized carbons (Fsp3) is 0.429. The van der Waals surface area contributed by atoms with Crippen molar-refractivity contribution in [3.8, 4) is 0 Å². The van der Waals surface area contributed by atoms with Crippen LogP contribution < -0.4 is 0 Å². The third-order valence-electron chi connectivity index (χ3n) is 3.38. The first-order valence-electron chi connectivity index (χ1n) is 5.91. The molecule has 1 aromatic carbocycles. The first-order valence-corrected chi connectivity index (χ1v) is 5.91. The number of carboxylic acid groups (broad SMARTS) is 1. The first-order chi connectivity index (χ1) is 8.37. The highest BCUT2D eigenvalue weighted by atomic mass is 16.4. The van der Waals surface area contributed by atoms with Crippen LogP contribution in [0.25, 0.3) is 0 Å². The largest absolute Gasteiger partial charge is 0.479 e. The van der Waals surface area contributed by atoms with Gasteiger partial charge in [0.05, 0.1) is 0 Å². The highest BCUT2D eigenvalue weighted by molar-refractivity contribution is 5.83. The van der Waals surface area contributed by atoms with Crippen molar-refractivity contribution in [2.45, 2.75) is 33.2 Å². The molecule has 0 bridgehead atoms. The molecule has 1 N–H and O–H groups in total. The summed E-state index contributed by atoms with van der Waals surface area (Å²) in [5, 5.41) is 9.53. The van der Waals surface area contributed by atoms with Crippen LogP contribution in [0.3, 0.4) is 0 Å². The fourth-order valence-corrected chi connectivity index (χ4v) is 2.15. The third kappa shape index (κ3) is 2.23. The van der Waals surface area contributed by atoms with Gasteiger partial charge in [-0.25, -0.2) is 4.79 Å². The Morgan fingerprint density at radius 3 is 2.50 bits per heavy atom. The van der Waals surface area contributed by atoms with Crippen molar-refractivity contribution in [1.29, 1.82) is 0 Å². The van der Waals surface area contributed by atoms with E-state index in [9.17, 15) is 14.7 Å². The van der Waals surface area contributed by atoms with Crippen LogP contribution in [0, 0.1) is 13.8 Å². The number of likely N-dealkylation sites (N-methyl/N-ethyl adjacent to an activating group) is 1. The quantitative estimate of drug-likeness (QED) is 0.813. The summed E-state index contributed by atoms with van der Waals surface area (Å²) in [4.78, 5) is 24.1. The molecule has 0 spiro atoms. The second kappa shape index (κ2) is 5.21. The van der Waals surface area contributed by atoms with E-state index in [0.29, 0.717) is 18.5 Å². The van der Waals surface area contributed by atoms with Crippen molar-refractivity contribution in [3.05, 3.63) is 34.9 Å². The summed E-state index contributed by atoms with van der Waals surface area (Å²) in [6.07, 6.45) is 0.593. The number of carbonyl (C=O) groups excluding carboxylic acids is 1. The number of rotatable bonds is 5. The van der Waals surface area contributed by atoms with Crippen LogP contribution >= 0.6 is 0 Å². The number of benzene rings is 1. The molecule has 0 saturated carbocycles. The predicted molar refractivity (Wildman–Crippen MR) is 69.3 cm³/mol. The van der Waals surface area contributed by atoms with Crippen molar-refractivity contribution in [2.24, 2.45) is 0 Å². The summed E-state index contributed by atoms with van der Waals surface area (Å²) in [6.45, 7) is 7.44. The first kappa shape index (κ1) is 14.2. The molecule has 0 radical (unpaired) electrons. The Labute approximate surface area is 107 Å². The van der Waals surface area contributed by atoms with Crippen molar-refractivity contribution in [3.63, 3.8) is 0 Å². The highest BCUT2D eigenvalue weighted by Crippen LogP contribution is 2.31. The van der Waals surface area contributed by atoms with Gasteiger partial charge in [0.15, 0.2) is 5.54 Å². The van der Waals surface area contributed by atoms with Gasteiger partial charge >= 0.3 is 5.97 Å². The van der Waals surface area contributed by atoms with Crippen molar-refractivity contribution in [1.82, 2.24) is 4.90 Å². The summed E-state index contributed by atoms with van der Waals surface area (Å²) in [7, 11) is 0. The van der Waals surface area contributed by atoms with E-state index in [1.807, 2.05) is 32.0 Å². The Morgan fingerprint density at radius 1 is 1.44 bits per heavy atom. The topological polar surface area (TPSA) is 57.6 Å². The molecule has 98 valence electrons. The van der Waals surface area contributed by atoms with Gasteiger partial charge in [-0.05, 0) is 38.8 Å². The summed E-state index contributed by atoms with van der Waals surface area (Å²) in [5.41, 5.74) is 1.17. The normalized spacial score (nSPS) is 13.8. The number of aliphatic carboxylic acids is 1. The zero-order valence-corrected chi connectivity index (χ0v) is 11.2. The number of amides is 1. The molecule has 0 heterocycles. The minimum atomic E-state index is -1.33. The summed E-state index contributed by atoms with van der Waals surface area (Å²) < 4.78 is 0. The Morgan fingerprint density at radius 2 is 2.06 bits per heavy atom. The number of aryl methyl sites for hydroxylation is 2. The molecular formula is C14H19NO3. The average Bonchev–Trinajstić information content (AvgIpc) is 2.33. The molecule has 18 heavy (non-hydrogen) atoms. The van der Waals surface area contributed by atoms with E-state index in [1.54, 1.807) is 13.8 Å². The summed E-state index contributed by atoms with van der Waals surface area (Å²) >= 11 is 0. The van der Waals surface area contributed by atoms with Crippen LogP contribution in [0.1, 0.15) is 30.5 Å². The van der Waals surface area contributed by atoms with Gasteiger partial charge in [0, 0.05) is 6.54 Å². The zero-order chi connectivity index (χ0) is 13.9. The third-order valence-corrected chi connectivity index (χ3v) is 3.38. The number of nitrogens with zero attached hydrogens (tertiary/aromatic N) is 1. The maximum absolute atomic E-state index is 11.6. The lowest BCUT2D eigenvalue weighted by molar-refractivity contribution is -0.154. The van der Waals surface area contributed by atoms with Gasteiger partial charge in [-0.3, -0.25) is 4.79 Å². The molecule has 0 aliphatic carbocycles. The molecule has 1 aromatic rings.